The minimum Gasteiger partial charge on any atom is -0.458 e. The maximum absolute atomic E-state index is 14.4. The summed E-state index contributed by atoms with van der Waals surface area (Å²) in [6, 6.07) is -6.27. The highest BCUT2D eigenvalue weighted by molar-refractivity contribution is 5.99. The van der Waals surface area contributed by atoms with Crippen LogP contribution in [0.3, 0.4) is 0 Å². The van der Waals surface area contributed by atoms with Crippen molar-refractivity contribution in [1.29, 1.82) is 5.41 Å². The van der Waals surface area contributed by atoms with Gasteiger partial charge in [-0.15, -0.1) is 0 Å². The summed E-state index contributed by atoms with van der Waals surface area (Å²) in [6.45, 7) is 14.5. The van der Waals surface area contributed by atoms with Crippen LogP contribution >= 0.6 is 0 Å². The number of carbonyl (C=O) groups excluding carboxylic acids is 12. The van der Waals surface area contributed by atoms with E-state index in [9.17, 15) is 67.7 Å². The number of hydrogen-bond acceptors (Lipinski definition) is 17. The Bertz CT molecular complexity index is 2580. The number of esters is 1. The van der Waals surface area contributed by atoms with E-state index >= 15 is 0 Å². The van der Waals surface area contributed by atoms with E-state index < -0.39 is 193 Å². The minimum atomic E-state index is -1.82. The van der Waals surface area contributed by atoms with E-state index in [-0.39, 0.29) is 25.2 Å². The van der Waals surface area contributed by atoms with Gasteiger partial charge in [0.25, 0.3) is 0 Å². The van der Waals surface area contributed by atoms with Gasteiger partial charge in [0, 0.05) is 20.0 Å². The molecule has 0 unspecified atom stereocenters. The third-order valence-corrected chi connectivity index (χ3v) is 16.2. The number of primary amides is 1. The van der Waals surface area contributed by atoms with Gasteiger partial charge in [-0.05, 0) is 82.2 Å². The zero-order valence-electron chi connectivity index (χ0n) is 54.1. The Hall–Kier alpha value is -7.99. The van der Waals surface area contributed by atoms with Crippen LogP contribution in [-0.2, 0) is 68.7 Å². The van der Waals surface area contributed by atoms with Crippen LogP contribution in [0.4, 0.5) is 0 Å². The average molecular weight is 1270 g/mol. The SMILES string of the molecule is CC[C@H](C)[C@H](NC(=O)[C@@H](Cc1ccccc1)NC)C(=O)N[C@@H](CO)C(=O)N[C@H](CCC(N)=O)C(=O)N[C@@H](C(=O)N[C@H](C(=O)N[C@@H](CO)C(=O)N[C@H]1C(=O)N[C@@H](C)C(=O)N[C@@H](CCCCNC(=N)NC)C(=O)N[C@@H]([C@@H](C)CC)C(=O)O[C@H]1C)[C@@H](C)CC)[C@@H](C)CC. The molecule has 0 aromatic heterocycles. The van der Waals surface area contributed by atoms with Gasteiger partial charge in [0.05, 0.1) is 19.3 Å². The molecule has 30 nitrogen and oxygen atoms in total. The van der Waals surface area contributed by atoms with Gasteiger partial charge < -0.3 is 89.8 Å². The maximum Gasteiger partial charge on any atom is 0.329 e. The van der Waals surface area contributed by atoms with E-state index in [2.05, 4.69) is 69.1 Å². The van der Waals surface area contributed by atoms with Crippen LogP contribution in [0.1, 0.15) is 133 Å². The van der Waals surface area contributed by atoms with Crippen LogP contribution in [0.25, 0.3) is 0 Å². The lowest BCUT2D eigenvalue weighted by molar-refractivity contribution is -0.157. The average Bonchev–Trinajstić information content (AvgIpc) is 1.81. The van der Waals surface area contributed by atoms with Gasteiger partial charge in [0.15, 0.2) is 5.96 Å². The zero-order valence-corrected chi connectivity index (χ0v) is 54.1. The Morgan fingerprint density at radius 2 is 1.10 bits per heavy atom. The van der Waals surface area contributed by atoms with Crippen LogP contribution in [0, 0.1) is 29.1 Å². The molecular weight excluding hydrogens is 1170 g/mol. The van der Waals surface area contributed by atoms with Crippen molar-refractivity contribution in [3.63, 3.8) is 0 Å². The van der Waals surface area contributed by atoms with Crippen LogP contribution in [0.2, 0.25) is 0 Å². The fraction of sp³-hybridized carbons (Fsp3) is 0.683. The van der Waals surface area contributed by atoms with Crippen LogP contribution in [0.15, 0.2) is 30.3 Å². The second-order valence-corrected chi connectivity index (χ2v) is 23.0. The summed E-state index contributed by atoms with van der Waals surface area (Å²) in [5.41, 5.74) is 6.31. The molecule has 0 aliphatic carbocycles. The zero-order chi connectivity index (χ0) is 67.9. The first-order valence-electron chi connectivity index (χ1n) is 31.0. The second kappa shape index (κ2) is 39.9. The Balaban J connectivity index is 2.39. The summed E-state index contributed by atoms with van der Waals surface area (Å²) in [7, 11) is 3.17. The van der Waals surface area contributed by atoms with Crippen molar-refractivity contribution in [3.05, 3.63) is 35.9 Å². The first-order valence-corrected chi connectivity index (χ1v) is 31.0. The summed E-state index contributed by atoms with van der Waals surface area (Å²) in [6.07, 6.45) is 0.289. The van der Waals surface area contributed by atoms with Gasteiger partial charge >= 0.3 is 5.97 Å². The van der Waals surface area contributed by atoms with Crippen LogP contribution < -0.4 is 74.9 Å². The molecule has 30 heteroatoms. The van der Waals surface area contributed by atoms with E-state index in [0.717, 1.165) is 5.56 Å². The number of unbranched alkanes of at least 4 members (excludes halogenated alkanes) is 1. The Morgan fingerprint density at radius 3 is 1.59 bits per heavy atom. The highest BCUT2D eigenvalue weighted by Crippen LogP contribution is 2.17. The lowest BCUT2D eigenvalue weighted by atomic mass is 9.94. The molecule has 90 heavy (non-hydrogen) atoms. The van der Waals surface area contributed by atoms with E-state index in [1.165, 1.54) is 13.8 Å². The van der Waals surface area contributed by atoms with Crippen molar-refractivity contribution in [1.82, 2.24) is 69.1 Å². The number of rotatable bonds is 35. The van der Waals surface area contributed by atoms with Gasteiger partial charge in [-0.2, -0.15) is 0 Å². The number of aliphatic hydroxyl groups excluding tert-OH is 2. The lowest BCUT2D eigenvalue weighted by Crippen LogP contribution is -2.63. The number of likely N-dealkylation sites (N-methyl/N-ethyl adjacent to an activating group) is 1. The molecule has 1 aliphatic rings. The molecule has 11 amide bonds. The molecule has 18 N–H and O–H groups in total. The third-order valence-electron chi connectivity index (χ3n) is 16.2. The molecular formula is C60H101N15O15. The number of guanidine groups is 1. The minimum absolute atomic E-state index is 0.0917. The van der Waals surface area contributed by atoms with Gasteiger partial charge in [0.2, 0.25) is 65.0 Å². The molecule has 0 bridgehead atoms. The number of aliphatic hydroxyl groups is 2. The quantitative estimate of drug-likeness (QED) is 0.0139. The largest absolute Gasteiger partial charge is 0.458 e. The highest BCUT2D eigenvalue weighted by atomic mass is 16.5. The molecule has 506 valence electrons. The Kier molecular flexibility index (Phi) is 34.6. The van der Waals surface area contributed by atoms with Gasteiger partial charge in [-0.3, -0.25) is 58.1 Å². The van der Waals surface area contributed by atoms with Crippen LogP contribution in [0.5, 0.6) is 0 Å². The normalized spacial score (nSPS) is 20.8. The number of benzene rings is 1. The molecule has 0 saturated carbocycles. The first-order chi connectivity index (χ1) is 42.6. The molecule has 1 fully saturated rings. The highest BCUT2D eigenvalue weighted by Gasteiger charge is 2.41. The van der Waals surface area contributed by atoms with Crippen molar-refractivity contribution in [2.24, 2.45) is 29.4 Å². The van der Waals surface area contributed by atoms with Crippen molar-refractivity contribution in [2.45, 2.75) is 206 Å². The maximum atomic E-state index is 14.4. The molecule has 2 rings (SSSR count). The van der Waals surface area contributed by atoms with E-state index in [0.29, 0.717) is 38.6 Å². The monoisotopic (exact) mass is 1270 g/mol. The smallest absolute Gasteiger partial charge is 0.329 e. The number of hydrogen-bond donors (Lipinski definition) is 17. The molecule has 1 saturated heterocycles. The van der Waals surface area contributed by atoms with E-state index in [1.54, 1.807) is 69.5 Å². The molecule has 1 aliphatic heterocycles. The summed E-state index contributed by atoms with van der Waals surface area (Å²) in [4.78, 5) is 166. The Labute approximate surface area is 527 Å². The number of ether oxygens (including phenoxy) is 1. The summed E-state index contributed by atoms with van der Waals surface area (Å²) >= 11 is 0. The van der Waals surface area contributed by atoms with Gasteiger partial charge in [0.1, 0.15) is 66.5 Å². The molecule has 0 radical (unpaired) electrons. The molecule has 16 atom stereocenters. The van der Waals surface area contributed by atoms with Crippen molar-refractivity contribution < 1.29 is 72.5 Å². The van der Waals surface area contributed by atoms with E-state index in [1.807, 2.05) is 30.3 Å². The summed E-state index contributed by atoms with van der Waals surface area (Å²) in [5, 5.41) is 62.7. The standard InChI is InChI=1S/C60H101N15O15/c1-13-31(5)44(72-52(82)40(63-11)28-37-22-18-17-19-23-37)55(85)69-41(29-76)53(83)68-39(25-26-43(61)78)51(81)71-46(33(7)15-3)57(87)73-45(32(6)14-2)56(86)70-42(30-77)54(84)75-48-36(10)90-59(89)47(34(8)16-4)74-50(80)38(24-20-21-27-65-60(62)64-12)67-49(79)35(9)66-58(48)88/h17-19,22-23,31-36,38-42,44-48,63,76-77H,13-16,20-21,24-30H2,1-12H3,(H2,61,78)(H,66,88)(H,67,79)(H,68,83)(H,69,85)(H,70,86)(H,71,81)(H,72,82)(H,73,87)(H,74,80)(H,75,84)(H3,62,64,65)/t31-,32-,33-,34-,35-,36-,38-,39+,40+,41-,42-,44-,45-,46+,47-,48+/m0/s1. The first kappa shape index (κ1) is 78.1. The number of cyclic esters (lactones) is 1. The van der Waals surface area contributed by atoms with E-state index in [4.69, 9.17) is 15.9 Å². The van der Waals surface area contributed by atoms with Crippen molar-refractivity contribution >= 4 is 76.9 Å². The topological polar surface area (TPSA) is 461 Å². The summed E-state index contributed by atoms with van der Waals surface area (Å²) in [5.74, 6) is -13.0. The number of nitrogens with two attached hydrogens (primary N) is 1. The predicted octanol–water partition coefficient (Wildman–Crippen LogP) is -3.02. The van der Waals surface area contributed by atoms with Crippen LogP contribution in [-0.4, -0.2) is 194 Å². The van der Waals surface area contributed by atoms with Crippen molar-refractivity contribution in [2.75, 3.05) is 33.9 Å². The van der Waals surface area contributed by atoms with Crippen molar-refractivity contribution in [3.8, 4) is 0 Å². The fourth-order valence-electron chi connectivity index (χ4n) is 9.38. The third kappa shape index (κ3) is 25.1. The number of amides is 11. The molecule has 1 aromatic carbocycles. The van der Waals surface area contributed by atoms with Gasteiger partial charge in [-0.1, -0.05) is 111 Å². The summed E-state index contributed by atoms with van der Waals surface area (Å²) < 4.78 is 5.74. The lowest BCUT2D eigenvalue weighted by Gasteiger charge is -2.31. The number of nitrogens with one attached hydrogen (secondary N) is 14. The molecule has 1 aromatic rings. The second-order valence-electron chi connectivity index (χ2n) is 23.0. The fourth-order valence-corrected chi connectivity index (χ4v) is 9.38. The number of carbonyl (C=O) groups is 12. The predicted molar refractivity (Wildman–Crippen MR) is 333 cm³/mol. The molecule has 0 spiro atoms. The van der Waals surface area contributed by atoms with Gasteiger partial charge in [-0.25, -0.2) is 4.79 Å². The molecule has 1 heterocycles. The Morgan fingerprint density at radius 1 is 0.611 bits per heavy atom.